The fourth-order valence-corrected chi connectivity index (χ4v) is 0.617. The van der Waals surface area contributed by atoms with Gasteiger partial charge in [0.25, 0.3) is 0 Å². The molecule has 0 spiro atoms. The number of aromatic nitrogens is 1. The summed E-state index contributed by atoms with van der Waals surface area (Å²) in [6.07, 6.45) is 0. The highest BCUT2D eigenvalue weighted by Gasteiger charge is 2.00. The fraction of sp³-hybridized carbons (Fsp3) is 0. The second-order valence-electron chi connectivity index (χ2n) is 1.94. The van der Waals surface area contributed by atoms with Gasteiger partial charge in [0.15, 0.2) is 5.82 Å². The van der Waals surface area contributed by atoms with E-state index in [1.165, 1.54) is 6.07 Å². The Morgan fingerprint density at radius 2 is 1.29 bits per heavy atom. The average molecular weight is 285 g/mol. The molecule has 0 unspecified atom stereocenters. The zero-order valence-corrected chi connectivity index (χ0v) is 10.2. The molecule has 0 aliphatic heterocycles. The molecule has 9 heteroatoms. The Balaban J connectivity index is -0.000000125. The van der Waals surface area contributed by atoms with Gasteiger partial charge < -0.3 is 22.9 Å². The molecular formula is C5H13Cl4N5. The van der Waals surface area contributed by atoms with Crippen LogP contribution in [0.1, 0.15) is 0 Å². The van der Waals surface area contributed by atoms with Crippen LogP contribution in [-0.2, 0) is 0 Å². The van der Waals surface area contributed by atoms with Crippen LogP contribution in [0.2, 0.25) is 0 Å². The normalized spacial score (nSPS) is 6.86. The summed E-state index contributed by atoms with van der Waals surface area (Å²) in [6, 6.07) is 1.46. The largest absolute Gasteiger partial charge is 0.397 e. The van der Waals surface area contributed by atoms with E-state index in [9.17, 15) is 0 Å². The minimum Gasteiger partial charge on any atom is -0.397 e. The summed E-state index contributed by atoms with van der Waals surface area (Å²) in [5.74, 6) is 0.460. The summed E-state index contributed by atoms with van der Waals surface area (Å²) in [4.78, 5) is 3.68. The summed E-state index contributed by atoms with van der Waals surface area (Å²) in [5, 5.41) is 0. The first-order valence-electron chi connectivity index (χ1n) is 2.68. The molecule has 0 aliphatic rings. The summed E-state index contributed by atoms with van der Waals surface area (Å²) in [5.41, 5.74) is 22.1. The van der Waals surface area contributed by atoms with E-state index >= 15 is 0 Å². The molecule has 1 aromatic heterocycles. The van der Waals surface area contributed by atoms with E-state index in [0.29, 0.717) is 5.69 Å². The smallest absolute Gasteiger partial charge is 0.151 e. The third kappa shape index (κ3) is 5.29. The number of nitrogen functional groups attached to an aromatic ring is 4. The zero-order valence-electron chi connectivity index (χ0n) is 6.97. The monoisotopic (exact) mass is 283 g/mol. The van der Waals surface area contributed by atoms with E-state index in [-0.39, 0.29) is 67.0 Å². The molecule has 0 fully saturated rings. The minimum atomic E-state index is 0. The molecular weight excluding hydrogens is 272 g/mol. The Kier molecular flexibility index (Phi) is 15.2. The first-order valence-corrected chi connectivity index (χ1v) is 2.68. The van der Waals surface area contributed by atoms with Crippen LogP contribution in [0, 0.1) is 0 Å². The molecule has 14 heavy (non-hydrogen) atoms. The second-order valence-corrected chi connectivity index (χ2v) is 1.94. The molecule has 1 aromatic rings. The van der Waals surface area contributed by atoms with Crippen LogP contribution >= 0.6 is 49.6 Å². The molecule has 0 aromatic carbocycles. The molecule has 0 saturated carbocycles. The molecule has 0 radical (unpaired) electrons. The van der Waals surface area contributed by atoms with Crippen LogP contribution in [0.4, 0.5) is 23.0 Å². The highest BCUT2D eigenvalue weighted by Crippen LogP contribution is 2.21. The molecule has 1 rings (SSSR count). The summed E-state index contributed by atoms with van der Waals surface area (Å²) < 4.78 is 0. The van der Waals surface area contributed by atoms with Crippen LogP contribution in [0.5, 0.6) is 0 Å². The van der Waals surface area contributed by atoms with Crippen molar-refractivity contribution >= 4 is 72.6 Å². The molecule has 8 N–H and O–H groups in total. The van der Waals surface area contributed by atoms with Gasteiger partial charge in [-0.05, 0) is 0 Å². The van der Waals surface area contributed by atoms with Crippen LogP contribution in [0.15, 0.2) is 6.07 Å². The maximum absolute atomic E-state index is 5.40. The Bertz CT molecular complexity index is 245. The van der Waals surface area contributed by atoms with E-state index in [2.05, 4.69) is 4.98 Å². The maximum Gasteiger partial charge on any atom is 0.151 e. The number of pyridine rings is 1. The predicted octanol–water partition coefficient (Wildman–Crippen LogP) is 1.10. The Morgan fingerprint density at radius 3 is 1.64 bits per heavy atom. The molecule has 0 amide bonds. The predicted molar refractivity (Wildman–Crippen MR) is 70.9 cm³/mol. The summed E-state index contributed by atoms with van der Waals surface area (Å²) in [6.45, 7) is 0. The lowest BCUT2D eigenvalue weighted by Crippen LogP contribution is -2.04. The minimum absolute atomic E-state index is 0. The lowest BCUT2D eigenvalue weighted by Gasteiger charge is -2.02. The fourth-order valence-electron chi connectivity index (χ4n) is 0.617. The number of hydrogen-bond donors (Lipinski definition) is 4. The van der Waals surface area contributed by atoms with Gasteiger partial charge in [-0.15, -0.1) is 49.6 Å². The van der Waals surface area contributed by atoms with Crippen molar-refractivity contribution in [2.24, 2.45) is 0 Å². The van der Waals surface area contributed by atoms with Gasteiger partial charge in [-0.1, -0.05) is 0 Å². The van der Waals surface area contributed by atoms with Crippen LogP contribution in [0.3, 0.4) is 0 Å². The SMILES string of the molecule is Cl.Cl.Cl.Cl.Nc1cc(N)c(N)c(N)n1. The van der Waals surface area contributed by atoms with Crippen LogP contribution < -0.4 is 22.9 Å². The molecule has 0 atom stereocenters. The van der Waals surface area contributed by atoms with Gasteiger partial charge in [0.1, 0.15) is 5.82 Å². The second kappa shape index (κ2) is 9.08. The Hall–Kier alpha value is -0.490. The number of halogens is 4. The van der Waals surface area contributed by atoms with Crippen molar-refractivity contribution in [1.29, 1.82) is 0 Å². The third-order valence-corrected chi connectivity index (χ3v) is 1.14. The lowest BCUT2D eigenvalue weighted by atomic mass is 10.3. The first kappa shape index (κ1) is 23.4. The molecule has 86 valence electrons. The molecule has 0 aliphatic carbocycles. The van der Waals surface area contributed by atoms with Gasteiger partial charge >= 0.3 is 0 Å². The van der Waals surface area contributed by atoms with Gasteiger partial charge in [0.05, 0.1) is 11.4 Å². The molecule has 0 bridgehead atoms. The van der Waals surface area contributed by atoms with Crippen LogP contribution in [0.25, 0.3) is 0 Å². The zero-order chi connectivity index (χ0) is 7.72. The molecule has 1 heterocycles. The van der Waals surface area contributed by atoms with E-state index < -0.39 is 0 Å². The van der Waals surface area contributed by atoms with Crippen molar-refractivity contribution in [1.82, 2.24) is 4.98 Å². The van der Waals surface area contributed by atoms with Crippen molar-refractivity contribution in [2.75, 3.05) is 22.9 Å². The van der Waals surface area contributed by atoms with E-state index in [0.717, 1.165) is 0 Å². The van der Waals surface area contributed by atoms with Gasteiger partial charge in [0, 0.05) is 6.07 Å². The standard InChI is InChI=1S/C5H9N5.4ClH/c6-2-1-3(7)10-5(9)4(2)8;;;;/h1H,8H2,(H6,6,7,9,10);4*1H. The third-order valence-electron chi connectivity index (χ3n) is 1.14. The van der Waals surface area contributed by atoms with Crippen molar-refractivity contribution in [3.8, 4) is 0 Å². The highest BCUT2D eigenvalue weighted by atomic mass is 35.5. The molecule has 5 nitrogen and oxygen atoms in total. The van der Waals surface area contributed by atoms with E-state index in [4.69, 9.17) is 22.9 Å². The molecule has 0 saturated heterocycles. The van der Waals surface area contributed by atoms with Crippen molar-refractivity contribution in [3.63, 3.8) is 0 Å². The van der Waals surface area contributed by atoms with Crippen molar-refractivity contribution in [2.45, 2.75) is 0 Å². The Labute approximate surface area is 107 Å². The highest BCUT2D eigenvalue weighted by molar-refractivity contribution is 5.86. The number of anilines is 4. The van der Waals surface area contributed by atoms with Crippen molar-refractivity contribution in [3.05, 3.63) is 6.07 Å². The van der Waals surface area contributed by atoms with Gasteiger partial charge in [-0.25, -0.2) is 4.98 Å². The van der Waals surface area contributed by atoms with Gasteiger partial charge in [-0.2, -0.15) is 0 Å². The first-order chi connectivity index (χ1) is 4.61. The summed E-state index contributed by atoms with van der Waals surface area (Å²) >= 11 is 0. The lowest BCUT2D eigenvalue weighted by molar-refractivity contribution is 1.35. The summed E-state index contributed by atoms with van der Waals surface area (Å²) in [7, 11) is 0. The van der Waals surface area contributed by atoms with Crippen LogP contribution in [-0.4, -0.2) is 4.98 Å². The number of hydrogen-bond acceptors (Lipinski definition) is 5. The number of nitrogens with two attached hydrogens (primary N) is 4. The van der Waals surface area contributed by atoms with E-state index in [1.54, 1.807) is 0 Å². The quantitative estimate of drug-likeness (QED) is 0.569. The van der Waals surface area contributed by atoms with Gasteiger partial charge in [0.2, 0.25) is 0 Å². The van der Waals surface area contributed by atoms with E-state index in [1.807, 2.05) is 0 Å². The maximum atomic E-state index is 5.40. The number of rotatable bonds is 0. The van der Waals surface area contributed by atoms with Gasteiger partial charge in [-0.3, -0.25) is 0 Å². The topological polar surface area (TPSA) is 117 Å². The average Bonchev–Trinajstić information content (AvgIpc) is 1.82. The Morgan fingerprint density at radius 1 is 0.857 bits per heavy atom. The number of nitrogens with zero attached hydrogens (tertiary/aromatic N) is 1. The van der Waals surface area contributed by atoms with Crippen molar-refractivity contribution < 1.29 is 0 Å².